The summed E-state index contributed by atoms with van der Waals surface area (Å²) in [6, 6.07) is 4.42. The van der Waals surface area contributed by atoms with E-state index in [0.717, 1.165) is 7.11 Å². The predicted octanol–water partition coefficient (Wildman–Crippen LogP) is -0.256. The molecule has 0 aromatic heterocycles. The van der Waals surface area contributed by atoms with E-state index in [0.29, 0.717) is 0 Å². The van der Waals surface area contributed by atoms with Crippen LogP contribution in [-0.4, -0.2) is 50.9 Å². The van der Waals surface area contributed by atoms with Crippen molar-refractivity contribution in [2.45, 2.75) is 17.9 Å². The maximum Gasteiger partial charge on any atom is 0.330 e. The number of ether oxygens (including phenoxy) is 1. The van der Waals surface area contributed by atoms with Crippen LogP contribution in [0.2, 0.25) is 0 Å². The minimum absolute atomic E-state index is 0.0818. The second-order valence-electron chi connectivity index (χ2n) is 4.13. The van der Waals surface area contributed by atoms with Gasteiger partial charge in [0.1, 0.15) is 0 Å². The summed E-state index contributed by atoms with van der Waals surface area (Å²) < 4.78 is 28.3. The van der Waals surface area contributed by atoms with Crippen LogP contribution in [0.5, 0.6) is 0 Å². The summed E-state index contributed by atoms with van der Waals surface area (Å²) in [5.74, 6) is -1.74. The lowest BCUT2D eigenvalue weighted by Gasteiger charge is -2.15. The number of hydrogen-bond acceptors (Lipinski definition) is 6. The van der Waals surface area contributed by atoms with Crippen LogP contribution in [0.15, 0.2) is 29.2 Å². The van der Waals surface area contributed by atoms with Crippen molar-refractivity contribution >= 4 is 21.7 Å². The van der Waals surface area contributed by atoms with E-state index in [9.17, 15) is 18.0 Å². The van der Waals surface area contributed by atoms with Crippen molar-refractivity contribution in [3.63, 3.8) is 0 Å². The Morgan fingerprint density at radius 2 is 1.95 bits per heavy atom. The Kier molecular flexibility index (Phi) is 5.86. The lowest BCUT2D eigenvalue weighted by Crippen LogP contribution is -2.44. The molecule has 2 N–H and O–H groups in total. The molecule has 1 amide bonds. The Morgan fingerprint density at radius 1 is 1.33 bits per heavy atom. The zero-order valence-corrected chi connectivity index (χ0v) is 12.5. The molecule has 1 aromatic carbocycles. The molecule has 0 radical (unpaired) electrons. The summed E-state index contributed by atoms with van der Waals surface area (Å²) in [5.41, 5.74) is -0.0818. The van der Waals surface area contributed by atoms with Crippen LogP contribution in [0.3, 0.4) is 0 Å². The molecule has 21 heavy (non-hydrogen) atoms. The van der Waals surface area contributed by atoms with Gasteiger partial charge < -0.3 is 15.2 Å². The van der Waals surface area contributed by atoms with Gasteiger partial charge in [-0.05, 0) is 12.1 Å². The van der Waals surface area contributed by atoms with Gasteiger partial charge in [-0.3, -0.25) is 4.79 Å². The zero-order valence-electron chi connectivity index (χ0n) is 11.7. The van der Waals surface area contributed by atoms with E-state index in [1.165, 1.54) is 31.2 Å². The smallest absolute Gasteiger partial charge is 0.330 e. The summed E-state index contributed by atoms with van der Waals surface area (Å²) in [4.78, 5) is 23.3. The highest BCUT2D eigenvalue weighted by molar-refractivity contribution is 7.91. The van der Waals surface area contributed by atoms with Crippen LogP contribution in [0, 0.1) is 0 Å². The fraction of sp³-hybridized carbons (Fsp3) is 0.385. The molecule has 0 heterocycles. The highest BCUT2D eigenvalue weighted by atomic mass is 32.2. The van der Waals surface area contributed by atoms with Gasteiger partial charge in [0.25, 0.3) is 5.91 Å². The predicted molar refractivity (Wildman–Crippen MR) is 74.5 cm³/mol. The first kappa shape index (κ1) is 17.1. The van der Waals surface area contributed by atoms with E-state index < -0.39 is 34.4 Å². The molecule has 116 valence electrons. The molecule has 1 unspecified atom stereocenters. The molecular weight excluding hydrogens is 298 g/mol. The number of carbonyl (C=O) groups excluding carboxylic acids is 2. The van der Waals surface area contributed by atoms with Crippen LogP contribution in [0.25, 0.3) is 0 Å². The summed E-state index contributed by atoms with van der Waals surface area (Å²) in [5, 5.41) is 11.3. The molecule has 1 aromatic rings. The van der Waals surface area contributed by atoms with Gasteiger partial charge in [-0.25, -0.2) is 13.2 Å². The maximum absolute atomic E-state index is 12.1. The average Bonchev–Trinajstić information content (AvgIpc) is 2.51. The Bertz CT molecular complexity index is 625. The number of aliphatic hydroxyl groups excluding tert-OH is 1. The van der Waals surface area contributed by atoms with Crippen LogP contribution in [0.4, 0.5) is 0 Å². The number of aliphatic hydroxyl groups is 1. The third-order valence-electron chi connectivity index (χ3n) is 2.82. The van der Waals surface area contributed by atoms with Crippen molar-refractivity contribution in [3.8, 4) is 0 Å². The van der Waals surface area contributed by atoms with Gasteiger partial charge in [0.15, 0.2) is 15.9 Å². The van der Waals surface area contributed by atoms with Crippen LogP contribution < -0.4 is 5.32 Å². The zero-order chi connectivity index (χ0) is 16.0. The van der Waals surface area contributed by atoms with E-state index in [1.807, 2.05) is 0 Å². The summed E-state index contributed by atoms with van der Waals surface area (Å²) in [7, 11) is -2.46. The first-order valence-electron chi connectivity index (χ1n) is 6.18. The van der Waals surface area contributed by atoms with Gasteiger partial charge in [0.2, 0.25) is 0 Å². The normalized spacial score (nSPS) is 12.5. The maximum atomic E-state index is 12.1. The van der Waals surface area contributed by atoms with Gasteiger partial charge >= 0.3 is 5.97 Å². The van der Waals surface area contributed by atoms with Gasteiger partial charge in [0.05, 0.1) is 29.9 Å². The largest absolute Gasteiger partial charge is 0.467 e. The highest BCUT2D eigenvalue weighted by Gasteiger charge is 2.25. The Balaban J connectivity index is 3.12. The second-order valence-corrected chi connectivity index (χ2v) is 6.38. The van der Waals surface area contributed by atoms with Gasteiger partial charge in [-0.2, -0.15) is 0 Å². The lowest BCUT2D eigenvalue weighted by atomic mass is 10.2. The number of nitrogens with one attached hydrogen (secondary N) is 1. The summed E-state index contributed by atoms with van der Waals surface area (Å²) in [6.45, 7) is 0.816. The average molecular weight is 315 g/mol. The summed E-state index contributed by atoms with van der Waals surface area (Å²) >= 11 is 0. The van der Waals surface area contributed by atoms with Gasteiger partial charge in [0, 0.05) is 0 Å². The number of amides is 1. The first-order valence-corrected chi connectivity index (χ1v) is 7.84. The monoisotopic (exact) mass is 315 g/mol. The molecule has 0 spiro atoms. The van der Waals surface area contributed by atoms with Crippen molar-refractivity contribution in [2.75, 3.05) is 19.5 Å². The van der Waals surface area contributed by atoms with Crippen molar-refractivity contribution in [1.29, 1.82) is 0 Å². The van der Waals surface area contributed by atoms with Gasteiger partial charge in [-0.15, -0.1) is 0 Å². The molecule has 0 fully saturated rings. The molecule has 0 saturated carbocycles. The molecule has 0 aliphatic heterocycles. The van der Waals surface area contributed by atoms with Gasteiger partial charge in [-0.1, -0.05) is 19.1 Å². The molecule has 0 saturated heterocycles. The topological polar surface area (TPSA) is 110 Å². The third-order valence-corrected chi connectivity index (χ3v) is 4.61. The number of carbonyl (C=O) groups is 2. The minimum atomic E-state index is -3.58. The summed E-state index contributed by atoms with van der Waals surface area (Å²) in [6.07, 6.45) is 0. The van der Waals surface area contributed by atoms with E-state index in [4.69, 9.17) is 5.11 Å². The van der Waals surface area contributed by atoms with E-state index in [-0.39, 0.29) is 16.2 Å². The lowest BCUT2D eigenvalue weighted by molar-refractivity contribution is -0.143. The number of esters is 1. The van der Waals surface area contributed by atoms with Crippen LogP contribution in [-0.2, 0) is 19.4 Å². The quantitative estimate of drug-likeness (QED) is 0.700. The molecular formula is C13H17NO6S. The Morgan fingerprint density at radius 3 is 2.48 bits per heavy atom. The Labute approximate surface area is 122 Å². The molecule has 0 aliphatic carbocycles. The third kappa shape index (κ3) is 4.02. The molecule has 0 aliphatic rings. The van der Waals surface area contributed by atoms with E-state index >= 15 is 0 Å². The van der Waals surface area contributed by atoms with Crippen molar-refractivity contribution in [2.24, 2.45) is 0 Å². The van der Waals surface area contributed by atoms with Crippen LogP contribution >= 0.6 is 0 Å². The number of hydrogen-bond donors (Lipinski definition) is 2. The van der Waals surface area contributed by atoms with E-state index in [1.54, 1.807) is 0 Å². The molecule has 8 heteroatoms. The number of methoxy groups -OCH3 is 1. The minimum Gasteiger partial charge on any atom is -0.467 e. The first-order chi connectivity index (χ1) is 9.87. The molecule has 7 nitrogen and oxygen atoms in total. The number of benzene rings is 1. The van der Waals surface area contributed by atoms with E-state index in [2.05, 4.69) is 10.1 Å². The highest BCUT2D eigenvalue weighted by Crippen LogP contribution is 2.17. The molecule has 1 rings (SSSR count). The van der Waals surface area contributed by atoms with Crippen molar-refractivity contribution < 1.29 is 27.9 Å². The van der Waals surface area contributed by atoms with Crippen molar-refractivity contribution in [1.82, 2.24) is 5.32 Å². The number of sulfone groups is 1. The molecule has 1 atom stereocenters. The fourth-order valence-electron chi connectivity index (χ4n) is 1.64. The fourth-order valence-corrected chi connectivity index (χ4v) is 2.73. The second kappa shape index (κ2) is 7.19. The van der Waals surface area contributed by atoms with Crippen molar-refractivity contribution in [3.05, 3.63) is 29.8 Å². The SMILES string of the molecule is CCS(=O)(=O)c1ccccc1C(=O)NC(CO)C(=O)OC. The van der Waals surface area contributed by atoms with Crippen LogP contribution in [0.1, 0.15) is 17.3 Å². The standard InChI is InChI=1S/C13H17NO6S/c1-3-21(18,19)11-7-5-4-6-9(11)12(16)14-10(8-15)13(17)20-2/h4-7,10,15H,3,8H2,1-2H3,(H,14,16). The Hall–Kier alpha value is -1.93. The number of rotatable bonds is 6. The molecule has 0 bridgehead atoms.